The van der Waals surface area contributed by atoms with E-state index in [2.05, 4.69) is 20.6 Å². The van der Waals surface area contributed by atoms with Gasteiger partial charge in [-0.1, -0.05) is 46.3 Å². The first kappa shape index (κ1) is 15.7. The molecule has 8 heteroatoms. The van der Waals surface area contributed by atoms with Crippen LogP contribution in [-0.4, -0.2) is 35.9 Å². The van der Waals surface area contributed by atoms with Gasteiger partial charge in [-0.25, -0.2) is 4.99 Å². The zero-order valence-electron chi connectivity index (χ0n) is 13.9. The van der Waals surface area contributed by atoms with Crippen LogP contribution in [-0.2, 0) is 0 Å². The number of halogens is 1. The number of hydrogen-bond acceptors (Lipinski definition) is 5. The van der Waals surface area contributed by atoms with E-state index in [0.29, 0.717) is 16.7 Å². The Kier molecular flexibility index (Phi) is 3.65. The van der Waals surface area contributed by atoms with Crippen molar-refractivity contribution in [3.05, 3.63) is 77.8 Å². The molecule has 2 heterocycles. The minimum atomic E-state index is 0.472. The number of aromatic nitrogens is 6. The molecule has 0 amide bonds. The van der Waals surface area contributed by atoms with E-state index in [9.17, 15) is 0 Å². The second-order valence-electron chi connectivity index (χ2n) is 5.87. The average molecular weight is 374 g/mol. The van der Waals surface area contributed by atoms with Gasteiger partial charge in [0.2, 0.25) is 0 Å². The number of aliphatic imine (C=N–C) groups is 1. The van der Waals surface area contributed by atoms with E-state index < -0.39 is 0 Å². The number of nitrogens with zero attached hydrogens (tertiary/aromatic N) is 7. The number of fused-ring (bicyclic) bond motifs is 2. The van der Waals surface area contributed by atoms with Gasteiger partial charge in [0.25, 0.3) is 5.96 Å². The maximum atomic E-state index is 6.00. The first-order chi connectivity index (χ1) is 13.3. The van der Waals surface area contributed by atoms with Crippen molar-refractivity contribution in [2.45, 2.75) is 0 Å². The molecule has 0 aliphatic rings. The molecule has 0 bridgehead atoms. The van der Waals surface area contributed by atoms with Gasteiger partial charge in [0, 0.05) is 5.02 Å². The Morgan fingerprint density at radius 3 is 1.78 bits per heavy atom. The Hall–Kier alpha value is -3.58. The summed E-state index contributed by atoms with van der Waals surface area (Å²) in [7, 11) is 0. The molecule has 2 aromatic heterocycles. The van der Waals surface area contributed by atoms with E-state index in [-0.39, 0.29) is 0 Å². The predicted molar refractivity (Wildman–Crippen MR) is 104 cm³/mol. The third kappa shape index (κ3) is 2.74. The van der Waals surface area contributed by atoms with Crippen LogP contribution in [0, 0.1) is 0 Å². The Bertz CT molecular complexity index is 1210. The van der Waals surface area contributed by atoms with Crippen molar-refractivity contribution in [3.63, 3.8) is 0 Å². The van der Waals surface area contributed by atoms with Crippen molar-refractivity contribution in [2.24, 2.45) is 4.99 Å². The highest BCUT2D eigenvalue weighted by Gasteiger charge is 2.16. The van der Waals surface area contributed by atoms with Crippen LogP contribution in [0.1, 0.15) is 0 Å². The fourth-order valence-electron chi connectivity index (χ4n) is 2.85. The summed E-state index contributed by atoms with van der Waals surface area (Å²) in [4.78, 5) is 4.76. The zero-order valence-corrected chi connectivity index (χ0v) is 14.7. The van der Waals surface area contributed by atoms with Crippen LogP contribution >= 0.6 is 11.6 Å². The van der Waals surface area contributed by atoms with Crippen LogP contribution in [0.5, 0.6) is 0 Å². The fourth-order valence-corrected chi connectivity index (χ4v) is 2.97. The average Bonchev–Trinajstić information content (AvgIpc) is 3.32. The first-order valence-electron chi connectivity index (χ1n) is 8.25. The van der Waals surface area contributed by atoms with Crippen LogP contribution in [0.25, 0.3) is 22.1 Å². The van der Waals surface area contributed by atoms with Crippen molar-refractivity contribution in [3.8, 4) is 0 Å². The lowest BCUT2D eigenvalue weighted by Gasteiger charge is -2.08. The molecule has 0 aliphatic carbocycles. The highest BCUT2D eigenvalue weighted by atomic mass is 35.5. The van der Waals surface area contributed by atoms with Crippen LogP contribution in [0.2, 0.25) is 5.02 Å². The molecule has 0 saturated carbocycles. The third-order valence-corrected chi connectivity index (χ3v) is 4.39. The maximum absolute atomic E-state index is 6.00. The molecule has 5 rings (SSSR count). The number of para-hydroxylation sites is 2. The van der Waals surface area contributed by atoms with Crippen LogP contribution < -0.4 is 0 Å². The van der Waals surface area contributed by atoms with Gasteiger partial charge in [0.1, 0.15) is 11.0 Å². The van der Waals surface area contributed by atoms with E-state index in [1.165, 1.54) is 0 Å². The zero-order chi connectivity index (χ0) is 18.2. The molecular formula is C19H12ClN7. The molecule has 0 aliphatic heterocycles. The Labute approximate surface area is 158 Å². The van der Waals surface area contributed by atoms with Gasteiger partial charge in [0.05, 0.1) is 16.7 Å². The highest BCUT2D eigenvalue weighted by molar-refractivity contribution is 6.30. The SMILES string of the molecule is Clc1ccc(N=C(n2nnc3ccccc32)n2nnc3ccccc32)cc1. The van der Waals surface area contributed by atoms with E-state index in [1.54, 1.807) is 21.5 Å². The van der Waals surface area contributed by atoms with Gasteiger partial charge in [-0.3, -0.25) is 0 Å². The lowest BCUT2D eigenvalue weighted by Crippen LogP contribution is -2.24. The summed E-state index contributed by atoms with van der Waals surface area (Å²) >= 11 is 6.00. The van der Waals surface area contributed by atoms with Gasteiger partial charge in [-0.2, -0.15) is 9.36 Å². The monoisotopic (exact) mass is 373 g/mol. The molecule has 5 aromatic rings. The van der Waals surface area contributed by atoms with E-state index in [0.717, 1.165) is 22.1 Å². The normalized spacial score (nSPS) is 11.1. The number of benzene rings is 3. The molecule has 130 valence electrons. The molecule has 0 atom stereocenters. The van der Waals surface area contributed by atoms with E-state index in [1.807, 2.05) is 60.7 Å². The summed E-state index contributed by atoms with van der Waals surface area (Å²) in [6.45, 7) is 0. The lowest BCUT2D eigenvalue weighted by molar-refractivity contribution is 0.773. The summed E-state index contributed by atoms with van der Waals surface area (Å²) in [6, 6.07) is 22.6. The smallest absolute Gasteiger partial charge is 0.212 e. The Morgan fingerprint density at radius 1 is 0.704 bits per heavy atom. The maximum Gasteiger partial charge on any atom is 0.256 e. The summed E-state index contributed by atoms with van der Waals surface area (Å²) in [5.41, 5.74) is 3.90. The van der Waals surface area contributed by atoms with E-state index >= 15 is 0 Å². The summed E-state index contributed by atoms with van der Waals surface area (Å²) in [5, 5.41) is 17.7. The van der Waals surface area contributed by atoms with Crippen molar-refractivity contribution < 1.29 is 0 Å². The molecule has 0 unspecified atom stereocenters. The first-order valence-corrected chi connectivity index (χ1v) is 8.63. The second kappa shape index (κ2) is 6.30. The van der Waals surface area contributed by atoms with Gasteiger partial charge >= 0.3 is 0 Å². The van der Waals surface area contributed by atoms with Gasteiger partial charge in [0.15, 0.2) is 0 Å². The Balaban J connectivity index is 1.78. The number of hydrogen-bond donors (Lipinski definition) is 0. The van der Waals surface area contributed by atoms with Crippen molar-refractivity contribution in [1.29, 1.82) is 0 Å². The topological polar surface area (TPSA) is 73.8 Å². The summed E-state index contributed by atoms with van der Waals surface area (Å²) < 4.78 is 3.32. The quantitative estimate of drug-likeness (QED) is 0.330. The van der Waals surface area contributed by atoms with Gasteiger partial charge in [-0.05, 0) is 48.5 Å². The third-order valence-electron chi connectivity index (χ3n) is 4.14. The molecule has 0 radical (unpaired) electrons. The molecule has 3 aromatic carbocycles. The fraction of sp³-hybridized carbons (Fsp3) is 0. The van der Waals surface area contributed by atoms with Crippen LogP contribution in [0.15, 0.2) is 77.8 Å². The highest BCUT2D eigenvalue weighted by Crippen LogP contribution is 2.20. The summed E-state index contributed by atoms with van der Waals surface area (Å²) in [5.74, 6) is 0.472. The molecule has 0 spiro atoms. The molecular weight excluding hydrogens is 362 g/mol. The van der Waals surface area contributed by atoms with Gasteiger partial charge < -0.3 is 0 Å². The van der Waals surface area contributed by atoms with E-state index in [4.69, 9.17) is 16.6 Å². The van der Waals surface area contributed by atoms with Crippen molar-refractivity contribution in [1.82, 2.24) is 30.0 Å². The molecule has 7 nitrogen and oxygen atoms in total. The van der Waals surface area contributed by atoms with Crippen molar-refractivity contribution in [2.75, 3.05) is 0 Å². The van der Waals surface area contributed by atoms with Crippen LogP contribution in [0.3, 0.4) is 0 Å². The van der Waals surface area contributed by atoms with Gasteiger partial charge in [-0.15, -0.1) is 10.2 Å². The Morgan fingerprint density at radius 2 is 1.22 bits per heavy atom. The second-order valence-corrected chi connectivity index (χ2v) is 6.30. The molecule has 0 saturated heterocycles. The summed E-state index contributed by atoms with van der Waals surface area (Å²) in [6.07, 6.45) is 0. The molecule has 0 fully saturated rings. The minimum absolute atomic E-state index is 0.472. The lowest BCUT2D eigenvalue weighted by atomic mass is 10.3. The molecule has 27 heavy (non-hydrogen) atoms. The van der Waals surface area contributed by atoms with Crippen molar-refractivity contribution >= 4 is 45.3 Å². The number of rotatable bonds is 1. The van der Waals surface area contributed by atoms with Crippen LogP contribution in [0.4, 0.5) is 5.69 Å². The predicted octanol–water partition coefficient (Wildman–Crippen LogP) is 3.91. The standard InChI is InChI=1S/C19H12ClN7/c20-13-9-11-14(12-10-13)21-19(26-17-7-3-1-5-15(17)22-24-26)27-18-8-4-2-6-16(18)23-25-27/h1-12H. The molecule has 0 N–H and O–H groups in total. The largest absolute Gasteiger partial charge is 0.256 e. The minimum Gasteiger partial charge on any atom is -0.212 e.